The van der Waals surface area contributed by atoms with Crippen LogP contribution in [0.1, 0.15) is 16.7 Å². The summed E-state index contributed by atoms with van der Waals surface area (Å²) in [5.74, 6) is -0.644. The zero-order chi connectivity index (χ0) is 23.8. The molecule has 2 saturated heterocycles. The molecule has 2 aliphatic heterocycles. The van der Waals surface area contributed by atoms with Gasteiger partial charge in [0.15, 0.2) is 0 Å². The second-order valence-electron chi connectivity index (χ2n) is 7.60. The molecule has 0 unspecified atom stereocenters. The van der Waals surface area contributed by atoms with Gasteiger partial charge in [0.2, 0.25) is 0 Å². The van der Waals surface area contributed by atoms with Gasteiger partial charge in [-0.25, -0.2) is 0 Å². The second-order valence-corrected chi connectivity index (χ2v) is 9.43. The molecule has 0 radical (unpaired) electrons. The molecule has 0 atom stereocenters. The zero-order valence-corrected chi connectivity index (χ0v) is 19.4. The molecule has 2 amide bonds. The van der Waals surface area contributed by atoms with Crippen LogP contribution in [-0.2, 0) is 17.5 Å². The van der Waals surface area contributed by atoms with Gasteiger partial charge in [-0.1, -0.05) is 41.4 Å². The van der Waals surface area contributed by atoms with E-state index in [0.717, 1.165) is 17.7 Å². The van der Waals surface area contributed by atoms with Crippen molar-refractivity contribution < 1.29 is 22.8 Å². The minimum Gasteiger partial charge on any atom is -0.367 e. The average molecular weight is 516 g/mol. The fourth-order valence-electron chi connectivity index (χ4n) is 3.79. The quantitative estimate of drug-likeness (QED) is 0.532. The molecule has 0 aromatic heterocycles. The SMILES string of the molecule is O=C1NC(=O)/C(=C\c2cc(C(F)(F)F)cc(Cl)c2N2CCN(Cc3ccccc3Cl)CC2)S1. The average Bonchev–Trinajstić information content (AvgIpc) is 3.06. The summed E-state index contributed by atoms with van der Waals surface area (Å²) in [7, 11) is 0. The molecular formula is C22H18Cl2F3N3O2S. The standard InChI is InChI=1S/C22H18Cl2F3N3O2S/c23-16-4-2-1-3-13(16)12-29-5-7-30(8-6-29)19-14(10-18-20(31)28-21(32)33-18)9-15(11-17(19)24)22(25,26)27/h1-4,9-11H,5-8,12H2,(H,28,31,32)/b18-10+. The third-order valence-corrected chi connectivity index (χ3v) is 6.86. The summed E-state index contributed by atoms with van der Waals surface area (Å²) in [5.41, 5.74) is 0.624. The first kappa shape index (κ1) is 23.9. The summed E-state index contributed by atoms with van der Waals surface area (Å²) in [6.45, 7) is 2.98. The Labute approximate surface area is 202 Å². The van der Waals surface area contributed by atoms with E-state index in [2.05, 4.69) is 10.2 Å². The lowest BCUT2D eigenvalue weighted by Gasteiger charge is -2.37. The number of imide groups is 1. The van der Waals surface area contributed by atoms with Gasteiger partial charge in [0, 0.05) is 43.3 Å². The highest BCUT2D eigenvalue weighted by Gasteiger charge is 2.34. The van der Waals surface area contributed by atoms with E-state index in [1.165, 1.54) is 6.08 Å². The Bertz CT molecular complexity index is 1130. The molecule has 2 aromatic rings. The van der Waals surface area contributed by atoms with Crippen molar-refractivity contribution in [2.45, 2.75) is 12.7 Å². The highest BCUT2D eigenvalue weighted by atomic mass is 35.5. The van der Waals surface area contributed by atoms with Gasteiger partial charge in [-0.05, 0) is 41.6 Å². The highest BCUT2D eigenvalue weighted by Crippen LogP contribution is 2.40. The topological polar surface area (TPSA) is 52.7 Å². The van der Waals surface area contributed by atoms with Gasteiger partial charge in [-0.15, -0.1) is 0 Å². The highest BCUT2D eigenvalue weighted by molar-refractivity contribution is 8.18. The number of nitrogens with one attached hydrogen (secondary N) is 1. The maximum absolute atomic E-state index is 13.4. The van der Waals surface area contributed by atoms with Crippen molar-refractivity contribution in [3.8, 4) is 0 Å². The zero-order valence-electron chi connectivity index (χ0n) is 17.1. The van der Waals surface area contributed by atoms with E-state index < -0.39 is 22.9 Å². The van der Waals surface area contributed by atoms with E-state index in [4.69, 9.17) is 23.2 Å². The Morgan fingerprint density at radius 3 is 2.33 bits per heavy atom. The third-order valence-electron chi connectivity index (χ3n) is 5.39. The first-order valence-electron chi connectivity index (χ1n) is 9.98. The Morgan fingerprint density at radius 1 is 1.03 bits per heavy atom. The summed E-state index contributed by atoms with van der Waals surface area (Å²) in [5, 5.41) is 2.16. The fraction of sp³-hybridized carbons (Fsp3) is 0.273. The third kappa shape index (κ3) is 5.48. The summed E-state index contributed by atoms with van der Waals surface area (Å²) in [4.78, 5) is 27.6. The van der Waals surface area contributed by atoms with Crippen LogP contribution >= 0.6 is 35.0 Å². The predicted molar refractivity (Wildman–Crippen MR) is 125 cm³/mol. The number of carbonyl (C=O) groups excluding carboxylic acids is 2. The normalized spacial score (nSPS) is 18.8. The van der Waals surface area contributed by atoms with Crippen molar-refractivity contribution in [1.82, 2.24) is 10.2 Å². The molecule has 0 bridgehead atoms. The monoisotopic (exact) mass is 515 g/mol. The van der Waals surface area contributed by atoms with E-state index in [1.54, 1.807) is 0 Å². The molecule has 33 heavy (non-hydrogen) atoms. The van der Waals surface area contributed by atoms with Crippen molar-refractivity contribution in [2.24, 2.45) is 0 Å². The van der Waals surface area contributed by atoms with Crippen molar-refractivity contribution in [3.63, 3.8) is 0 Å². The number of benzene rings is 2. The van der Waals surface area contributed by atoms with Crippen LogP contribution in [0.3, 0.4) is 0 Å². The van der Waals surface area contributed by atoms with Gasteiger partial charge in [0.05, 0.1) is 21.2 Å². The molecule has 174 valence electrons. The van der Waals surface area contributed by atoms with Gasteiger partial charge in [-0.3, -0.25) is 19.8 Å². The summed E-state index contributed by atoms with van der Waals surface area (Å²) in [6, 6.07) is 9.42. The summed E-state index contributed by atoms with van der Waals surface area (Å²) in [6.07, 6.45) is -3.32. The summed E-state index contributed by atoms with van der Waals surface area (Å²) >= 11 is 13.2. The van der Waals surface area contributed by atoms with Crippen LogP contribution < -0.4 is 10.2 Å². The minimum absolute atomic E-state index is 0.0222. The molecule has 2 aliphatic rings. The largest absolute Gasteiger partial charge is 0.416 e. The lowest BCUT2D eigenvalue weighted by atomic mass is 10.0. The van der Waals surface area contributed by atoms with E-state index in [9.17, 15) is 22.8 Å². The number of hydrogen-bond acceptors (Lipinski definition) is 5. The van der Waals surface area contributed by atoms with Crippen molar-refractivity contribution in [3.05, 3.63) is 68.0 Å². The number of hydrogen-bond donors (Lipinski definition) is 1. The van der Waals surface area contributed by atoms with Crippen LogP contribution in [0, 0.1) is 0 Å². The lowest BCUT2D eigenvalue weighted by Crippen LogP contribution is -2.46. The number of piperazine rings is 1. The van der Waals surface area contributed by atoms with Crippen LogP contribution in [0.15, 0.2) is 41.3 Å². The van der Waals surface area contributed by atoms with Crippen LogP contribution in [0.25, 0.3) is 6.08 Å². The molecule has 11 heteroatoms. The number of nitrogens with zero attached hydrogens (tertiary/aromatic N) is 2. The number of alkyl halides is 3. The van der Waals surface area contributed by atoms with Gasteiger partial charge >= 0.3 is 6.18 Å². The van der Waals surface area contributed by atoms with Crippen molar-refractivity contribution in [1.29, 1.82) is 0 Å². The molecule has 1 N–H and O–H groups in total. The smallest absolute Gasteiger partial charge is 0.367 e. The maximum atomic E-state index is 13.4. The van der Waals surface area contributed by atoms with Gasteiger partial charge in [0.1, 0.15) is 0 Å². The molecule has 4 rings (SSSR count). The van der Waals surface area contributed by atoms with E-state index in [0.29, 0.717) is 55.2 Å². The van der Waals surface area contributed by atoms with Crippen LogP contribution in [0.4, 0.5) is 23.7 Å². The first-order valence-corrected chi connectivity index (χ1v) is 11.6. The number of rotatable bonds is 4. The van der Waals surface area contributed by atoms with Gasteiger partial charge in [-0.2, -0.15) is 13.2 Å². The van der Waals surface area contributed by atoms with Crippen LogP contribution in [-0.4, -0.2) is 42.2 Å². The molecule has 0 aliphatic carbocycles. The van der Waals surface area contributed by atoms with Crippen LogP contribution in [0.5, 0.6) is 0 Å². The maximum Gasteiger partial charge on any atom is 0.416 e. The number of carbonyl (C=O) groups is 2. The van der Waals surface area contributed by atoms with Crippen LogP contribution in [0.2, 0.25) is 10.0 Å². The number of thioether (sulfide) groups is 1. The molecular weight excluding hydrogens is 498 g/mol. The van der Waals surface area contributed by atoms with Crippen molar-refractivity contribution >= 4 is 57.9 Å². The fourth-order valence-corrected chi connectivity index (χ4v) is 5.00. The Kier molecular flexibility index (Phi) is 6.95. The molecule has 5 nitrogen and oxygen atoms in total. The Morgan fingerprint density at radius 2 is 1.73 bits per heavy atom. The lowest BCUT2D eigenvalue weighted by molar-refractivity contribution is -0.137. The number of amides is 2. The van der Waals surface area contributed by atoms with E-state index in [1.807, 2.05) is 29.2 Å². The molecule has 2 fully saturated rings. The molecule has 0 saturated carbocycles. The second kappa shape index (κ2) is 9.58. The molecule has 2 heterocycles. The Hall–Kier alpha value is -2.20. The molecule has 2 aromatic carbocycles. The predicted octanol–water partition coefficient (Wildman–Crippen LogP) is 5.66. The van der Waals surface area contributed by atoms with E-state index >= 15 is 0 Å². The number of halogens is 5. The van der Waals surface area contributed by atoms with E-state index in [-0.39, 0.29) is 15.5 Å². The number of anilines is 1. The van der Waals surface area contributed by atoms with Gasteiger partial charge in [0.25, 0.3) is 11.1 Å². The van der Waals surface area contributed by atoms with Gasteiger partial charge < -0.3 is 4.90 Å². The minimum atomic E-state index is -4.61. The Balaban J connectivity index is 1.61. The summed E-state index contributed by atoms with van der Waals surface area (Å²) < 4.78 is 40.2. The first-order chi connectivity index (χ1) is 15.6. The van der Waals surface area contributed by atoms with Crippen molar-refractivity contribution in [2.75, 3.05) is 31.1 Å². The molecule has 0 spiro atoms.